The number of hydrogen-bond acceptors (Lipinski definition) is 7. The summed E-state index contributed by atoms with van der Waals surface area (Å²) in [6.07, 6.45) is 0. The molecule has 1 aromatic carbocycles. The van der Waals surface area contributed by atoms with Gasteiger partial charge in [-0.05, 0) is 12.1 Å². The highest BCUT2D eigenvalue weighted by Gasteiger charge is 2.58. The average Bonchev–Trinajstić information content (AvgIpc) is 2.67. The van der Waals surface area contributed by atoms with Crippen molar-refractivity contribution >= 4 is 47.2 Å². The second kappa shape index (κ2) is 8.78. The van der Waals surface area contributed by atoms with Crippen molar-refractivity contribution in [1.82, 2.24) is 15.3 Å². The van der Waals surface area contributed by atoms with Gasteiger partial charge in [0.25, 0.3) is 11.8 Å². The molecule has 2 heterocycles. The molecule has 1 saturated heterocycles. The van der Waals surface area contributed by atoms with Crippen LogP contribution in [0.4, 0.5) is 0 Å². The Balaban J connectivity index is 1.81. The molecule has 0 aromatic heterocycles. The third kappa shape index (κ3) is 4.35. The summed E-state index contributed by atoms with van der Waals surface area (Å²) in [4.78, 5) is 55.1. The van der Waals surface area contributed by atoms with Gasteiger partial charge in [0.1, 0.15) is 11.1 Å². The zero-order chi connectivity index (χ0) is 21.1. The summed E-state index contributed by atoms with van der Waals surface area (Å²) in [6.45, 7) is 2.65. The first-order valence-electron chi connectivity index (χ1n) is 8.62. The van der Waals surface area contributed by atoms with E-state index in [-0.39, 0.29) is 17.5 Å². The molecule has 0 aliphatic carbocycles. The summed E-state index contributed by atoms with van der Waals surface area (Å²) in [5.74, 6) is -1.50. The van der Waals surface area contributed by atoms with E-state index in [0.29, 0.717) is 16.4 Å². The number of para-hydroxylation sites is 1. The van der Waals surface area contributed by atoms with E-state index in [0.717, 1.165) is 16.8 Å². The number of nitrogens with one attached hydrogen (secondary N) is 1. The smallest absolute Gasteiger partial charge is 0.353 e. The largest absolute Gasteiger partial charge is 0.477 e. The maximum absolute atomic E-state index is 12.8. The molecule has 1 aromatic rings. The second-order valence-corrected chi connectivity index (χ2v) is 8.38. The number of rotatable bonds is 7. The molecular formula is C18H19N3O6S2. The molecule has 154 valence electrons. The number of amides is 3. The number of carbonyl (C=O) groups is 4. The second-order valence-electron chi connectivity index (χ2n) is 6.20. The van der Waals surface area contributed by atoms with Crippen LogP contribution in [0.25, 0.3) is 0 Å². The third-order valence-electron chi connectivity index (χ3n) is 4.19. The molecule has 9 nitrogen and oxygen atoms in total. The highest BCUT2D eigenvalue weighted by Crippen LogP contribution is 2.45. The summed E-state index contributed by atoms with van der Waals surface area (Å²) >= 11 is 2.51. The van der Waals surface area contributed by atoms with Crippen LogP contribution in [-0.4, -0.2) is 61.8 Å². The highest BCUT2D eigenvalue weighted by molar-refractivity contribution is 8.06. The van der Waals surface area contributed by atoms with E-state index in [9.17, 15) is 24.3 Å². The van der Waals surface area contributed by atoms with Gasteiger partial charge in [-0.3, -0.25) is 19.3 Å². The van der Waals surface area contributed by atoms with Crippen molar-refractivity contribution in [3.05, 3.63) is 40.9 Å². The first-order chi connectivity index (χ1) is 13.8. The van der Waals surface area contributed by atoms with E-state index < -0.39 is 29.2 Å². The Hall–Kier alpha value is -2.66. The fourth-order valence-corrected chi connectivity index (χ4v) is 5.44. The molecule has 2 atom stereocenters. The molecule has 0 unspecified atom stereocenters. The number of aliphatic carboxylic acids is 1. The van der Waals surface area contributed by atoms with Crippen molar-refractivity contribution in [2.24, 2.45) is 0 Å². The lowest BCUT2D eigenvalue weighted by atomic mass is 10.0. The lowest BCUT2D eigenvalue weighted by molar-refractivity contribution is -0.187. The number of carbonyl (C=O) groups excluding carboxylic acids is 3. The molecule has 0 saturated carbocycles. The van der Waals surface area contributed by atoms with Crippen molar-refractivity contribution in [2.45, 2.75) is 25.3 Å². The number of hydroxylamine groups is 2. The molecule has 3 rings (SSSR count). The van der Waals surface area contributed by atoms with Gasteiger partial charge in [0.15, 0.2) is 11.8 Å². The van der Waals surface area contributed by atoms with Crippen molar-refractivity contribution in [1.29, 1.82) is 0 Å². The summed E-state index contributed by atoms with van der Waals surface area (Å²) in [5, 5.41) is 12.7. The van der Waals surface area contributed by atoms with Crippen LogP contribution in [0.3, 0.4) is 0 Å². The van der Waals surface area contributed by atoms with Gasteiger partial charge >= 0.3 is 5.97 Å². The van der Waals surface area contributed by atoms with Gasteiger partial charge < -0.3 is 15.3 Å². The van der Waals surface area contributed by atoms with Crippen molar-refractivity contribution in [2.75, 3.05) is 11.6 Å². The highest BCUT2D eigenvalue weighted by atomic mass is 32.2. The minimum atomic E-state index is -1.23. The Kier molecular flexibility index (Phi) is 6.38. The van der Waals surface area contributed by atoms with Crippen LogP contribution in [0.5, 0.6) is 5.75 Å². The first-order valence-corrected chi connectivity index (χ1v) is 10.7. The van der Waals surface area contributed by atoms with Crippen molar-refractivity contribution < 1.29 is 29.1 Å². The summed E-state index contributed by atoms with van der Waals surface area (Å²) < 4.78 is 0. The van der Waals surface area contributed by atoms with Crippen LogP contribution in [-0.2, 0) is 19.2 Å². The quantitative estimate of drug-likeness (QED) is 0.372. The summed E-state index contributed by atoms with van der Waals surface area (Å²) in [7, 11) is 0. The van der Waals surface area contributed by atoms with Gasteiger partial charge in [-0.1, -0.05) is 18.2 Å². The molecule has 11 heteroatoms. The standard InChI is InChI=1S/C18H19N3O6S2/c1-10(22)19-9-29-13-8-28-17-15(16(24)20(17)14(13)18(25)26)21(11(2)23)27-12-6-4-3-5-7-12/h3-7,15,17H,8-9H2,1-2H3,(H,19,22)(H,25,26)/t15-,17-/m1/s1. The molecule has 2 aliphatic heterocycles. The topological polar surface area (TPSA) is 116 Å². The number of thioether (sulfide) groups is 2. The van der Waals surface area contributed by atoms with Crippen LogP contribution in [0.15, 0.2) is 40.9 Å². The fraction of sp³-hybridized carbons (Fsp3) is 0.333. The van der Waals surface area contributed by atoms with Gasteiger partial charge in [-0.25, -0.2) is 4.79 Å². The van der Waals surface area contributed by atoms with E-state index in [1.165, 1.54) is 30.5 Å². The molecule has 3 amide bonds. The summed E-state index contributed by atoms with van der Waals surface area (Å²) in [5.41, 5.74) is -0.117. The molecule has 0 spiro atoms. The predicted molar refractivity (Wildman–Crippen MR) is 107 cm³/mol. The zero-order valence-corrected chi connectivity index (χ0v) is 17.3. The molecule has 29 heavy (non-hydrogen) atoms. The van der Waals surface area contributed by atoms with Gasteiger partial charge in [-0.15, -0.1) is 23.5 Å². The van der Waals surface area contributed by atoms with E-state index in [4.69, 9.17) is 4.84 Å². The Bertz CT molecular complexity index is 876. The first kappa shape index (κ1) is 21.1. The van der Waals surface area contributed by atoms with Crippen LogP contribution >= 0.6 is 23.5 Å². The normalized spacial score (nSPS) is 20.5. The van der Waals surface area contributed by atoms with Gasteiger partial charge in [-0.2, -0.15) is 5.06 Å². The number of hydrogen-bond donors (Lipinski definition) is 2. The Morgan fingerprint density at radius 2 is 2.00 bits per heavy atom. The number of carboxylic acids is 1. The molecule has 2 N–H and O–H groups in total. The summed E-state index contributed by atoms with van der Waals surface area (Å²) in [6, 6.07) is 7.66. The lowest BCUT2D eigenvalue weighted by Crippen LogP contribution is -2.71. The Labute approximate surface area is 175 Å². The lowest BCUT2D eigenvalue weighted by Gasteiger charge is -2.51. The maximum atomic E-state index is 12.8. The van der Waals surface area contributed by atoms with Crippen molar-refractivity contribution in [3.63, 3.8) is 0 Å². The number of carboxylic acid groups (broad SMARTS) is 1. The molecule has 0 radical (unpaired) electrons. The minimum Gasteiger partial charge on any atom is -0.477 e. The number of β-lactam (4-membered cyclic amide) rings is 1. The van der Waals surface area contributed by atoms with Gasteiger partial charge in [0, 0.05) is 24.5 Å². The van der Waals surface area contributed by atoms with Gasteiger partial charge in [0.2, 0.25) is 5.91 Å². The number of nitrogens with zero attached hydrogens (tertiary/aromatic N) is 2. The SMILES string of the molecule is CC(=O)NCSC1=C(C(=O)O)N2C(=O)[C@@H](N(Oc3ccccc3)C(C)=O)[C@H]2SC1. The molecule has 0 bridgehead atoms. The van der Waals surface area contributed by atoms with E-state index >= 15 is 0 Å². The van der Waals surface area contributed by atoms with Gasteiger partial charge in [0.05, 0.1) is 5.88 Å². The fourth-order valence-electron chi connectivity index (χ4n) is 2.90. The minimum absolute atomic E-state index is 0.117. The Morgan fingerprint density at radius 1 is 1.31 bits per heavy atom. The zero-order valence-electron chi connectivity index (χ0n) is 15.7. The average molecular weight is 437 g/mol. The Morgan fingerprint density at radius 3 is 2.59 bits per heavy atom. The van der Waals surface area contributed by atoms with Crippen molar-refractivity contribution in [3.8, 4) is 5.75 Å². The van der Waals surface area contributed by atoms with Crippen LogP contribution in [0.2, 0.25) is 0 Å². The van der Waals surface area contributed by atoms with E-state index in [2.05, 4.69) is 5.32 Å². The predicted octanol–water partition coefficient (Wildman–Crippen LogP) is 1.24. The number of fused-ring (bicyclic) bond motifs is 1. The monoisotopic (exact) mass is 437 g/mol. The third-order valence-corrected chi connectivity index (χ3v) is 6.61. The van der Waals surface area contributed by atoms with E-state index in [1.54, 1.807) is 30.3 Å². The van der Waals surface area contributed by atoms with Crippen LogP contribution in [0, 0.1) is 0 Å². The van der Waals surface area contributed by atoms with E-state index in [1.807, 2.05) is 0 Å². The molecule has 1 fully saturated rings. The molecule has 2 aliphatic rings. The number of benzene rings is 1. The maximum Gasteiger partial charge on any atom is 0.353 e. The van der Waals surface area contributed by atoms with Crippen LogP contribution in [0.1, 0.15) is 13.8 Å². The molecular weight excluding hydrogens is 418 g/mol. The van der Waals surface area contributed by atoms with Crippen LogP contribution < -0.4 is 10.2 Å².